The predicted molar refractivity (Wildman–Crippen MR) is 168 cm³/mol. The second-order valence-corrected chi connectivity index (χ2v) is 11.4. The molecule has 0 saturated carbocycles. The van der Waals surface area contributed by atoms with Crippen LogP contribution in [0.4, 0.5) is 8.78 Å². The van der Waals surface area contributed by atoms with Crippen LogP contribution in [0, 0.1) is 24.5 Å². The van der Waals surface area contributed by atoms with Gasteiger partial charge >= 0.3 is 0 Å². The predicted octanol–water partition coefficient (Wildman–Crippen LogP) is 4.55. The third-order valence-electron chi connectivity index (χ3n) is 7.55. The van der Waals surface area contributed by atoms with Crippen LogP contribution in [0.25, 0.3) is 0 Å². The molecule has 3 rings (SSSR count). The second-order valence-electron chi connectivity index (χ2n) is 11.4. The van der Waals surface area contributed by atoms with E-state index < -0.39 is 47.6 Å². The minimum absolute atomic E-state index is 0.125. The maximum atomic E-state index is 14.0. The highest BCUT2D eigenvalue weighted by Crippen LogP contribution is 2.19. The third-order valence-corrected chi connectivity index (χ3v) is 7.55. The van der Waals surface area contributed by atoms with Gasteiger partial charge in [-0.1, -0.05) is 51.1 Å². The van der Waals surface area contributed by atoms with E-state index >= 15 is 0 Å². The molecule has 0 aromatic heterocycles. The molecule has 0 fully saturated rings. The van der Waals surface area contributed by atoms with Gasteiger partial charge < -0.3 is 25.7 Å². The molecule has 0 aliphatic carbocycles. The first-order valence-corrected chi connectivity index (χ1v) is 15.3. The van der Waals surface area contributed by atoms with Crippen LogP contribution >= 0.6 is 0 Å². The molecular weight excluding hydrogens is 580 g/mol. The summed E-state index contributed by atoms with van der Waals surface area (Å²) in [6, 6.07) is 15.5. The van der Waals surface area contributed by atoms with Crippen LogP contribution in [0.5, 0.6) is 0 Å². The topological polar surface area (TPSA) is 119 Å². The molecule has 0 spiro atoms. The number of hydrogen-bond acceptors (Lipinski definition) is 5. The summed E-state index contributed by atoms with van der Waals surface area (Å²) in [5, 5.41) is 27.7. The van der Waals surface area contributed by atoms with Crippen molar-refractivity contribution >= 4 is 17.7 Å². The van der Waals surface area contributed by atoms with Gasteiger partial charge in [0.25, 0.3) is 11.8 Å². The first kappa shape index (κ1) is 35.3. The van der Waals surface area contributed by atoms with Gasteiger partial charge in [0.1, 0.15) is 17.7 Å². The van der Waals surface area contributed by atoms with Crippen LogP contribution in [-0.4, -0.2) is 64.2 Å². The lowest BCUT2D eigenvalue weighted by atomic mass is 9.90. The second kappa shape index (κ2) is 16.8. The number of amides is 3. The van der Waals surface area contributed by atoms with Gasteiger partial charge in [0.05, 0.1) is 18.1 Å². The van der Waals surface area contributed by atoms with Crippen LogP contribution in [0.2, 0.25) is 0 Å². The van der Waals surface area contributed by atoms with E-state index in [9.17, 15) is 33.4 Å². The summed E-state index contributed by atoms with van der Waals surface area (Å²) in [7, 11) is 0. The summed E-state index contributed by atoms with van der Waals surface area (Å²) < 4.78 is 28.1. The van der Waals surface area contributed by atoms with E-state index in [-0.39, 0.29) is 30.0 Å². The zero-order chi connectivity index (χ0) is 33.1. The summed E-state index contributed by atoms with van der Waals surface area (Å²) in [5.41, 5.74) is 2.09. The highest BCUT2D eigenvalue weighted by Gasteiger charge is 2.35. The van der Waals surface area contributed by atoms with Crippen molar-refractivity contribution in [3.05, 3.63) is 106 Å². The summed E-state index contributed by atoms with van der Waals surface area (Å²) >= 11 is 0. The fourth-order valence-electron chi connectivity index (χ4n) is 5.20. The third kappa shape index (κ3) is 10.2. The number of hydrogen-bond donors (Lipinski definition) is 4. The monoisotopic (exact) mass is 623 g/mol. The van der Waals surface area contributed by atoms with E-state index in [0.717, 1.165) is 30.5 Å². The van der Waals surface area contributed by atoms with Gasteiger partial charge in [-0.3, -0.25) is 14.4 Å². The fourth-order valence-corrected chi connectivity index (χ4v) is 5.20. The van der Waals surface area contributed by atoms with E-state index in [2.05, 4.69) is 10.6 Å². The molecule has 0 unspecified atom stereocenters. The molecule has 0 heterocycles. The molecule has 0 radical (unpaired) electrons. The number of halogens is 2. The molecule has 8 nitrogen and oxygen atoms in total. The number of benzene rings is 3. The van der Waals surface area contributed by atoms with Gasteiger partial charge in [0, 0.05) is 36.8 Å². The highest BCUT2D eigenvalue weighted by atomic mass is 19.1. The Kier molecular flexibility index (Phi) is 13.2. The first-order chi connectivity index (χ1) is 21.4. The van der Waals surface area contributed by atoms with Crippen molar-refractivity contribution < 1.29 is 33.4 Å². The lowest BCUT2D eigenvalue weighted by Crippen LogP contribution is -2.53. The molecular formula is C35H43F2N3O5. The number of carbonyl (C=O) groups excluding carboxylic acids is 3. The molecule has 0 aliphatic heterocycles. The van der Waals surface area contributed by atoms with Crippen molar-refractivity contribution in [3.8, 4) is 0 Å². The Balaban J connectivity index is 1.85. The van der Waals surface area contributed by atoms with Crippen molar-refractivity contribution in [2.75, 3.05) is 13.1 Å². The largest absolute Gasteiger partial charge is 0.390 e. The summed E-state index contributed by atoms with van der Waals surface area (Å²) in [6.45, 7) is 8.47. The molecule has 45 heavy (non-hydrogen) atoms. The van der Waals surface area contributed by atoms with E-state index in [1.165, 1.54) is 13.0 Å². The Morgan fingerprint density at radius 2 is 1.42 bits per heavy atom. The number of nitrogens with one attached hydrogen (secondary N) is 2. The molecule has 0 aliphatic rings. The molecule has 0 saturated heterocycles. The number of nitrogens with zero attached hydrogens (tertiary/aromatic N) is 1. The maximum Gasteiger partial charge on any atom is 0.253 e. The zero-order valence-electron chi connectivity index (χ0n) is 26.2. The number of aliphatic hydroxyl groups excluding tert-OH is 2. The summed E-state index contributed by atoms with van der Waals surface area (Å²) in [5.74, 6) is -4.20. The van der Waals surface area contributed by atoms with Crippen LogP contribution < -0.4 is 10.6 Å². The Labute approximate surface area is 263 Å². The van der Waals surface area contributed by atoms with Gasteiger partial charge in [-0.15, -0.1) is 0 Å². The van der Waals surface area contributed by atoms with E-state index in [4.69, 9.17) is 0 Å². The summed E-state index contributed by atoms with van der Waals surface area (Å²) in [4.78, 5) is 41.4. The minimum atomic E-state index is -1.70. The zero-order valence-corrected chi connectivity index (χ0v) is 26.2. The molecule has 4 atom stereocenters. The molecule has 3 amide bonds. The van der Waals surface area contributed by atoms with Gasteiger partial charge in [-0.2, -0.15) is 0 Å². The Hall–Kier alpha value is -4.15. The first-order valence-electron chi connectivity index (χ1n) is 15.3. The molecule has 3 aromatic carbocycles. The fraction of sp³-hybridized carbons (Fsp3) is 0.400. The average molecular weight is 624 g/mol. The van der Waals surface area contributed by atoms with E-state index in [0.29, 0.717) is 30.3 Å². The highest BCUT2D eigenvalue weighted by molar-refractivity contribution is 6.00. The Morgan fingerprint density at radius 1 is 0.822 bits per heavy atom. The quantitative estimate of drug-likeness (QED) is 0.198. The number of aryl methyl sites for hydroxylation is 1. The lowest BCUT2D eigenvalue weighted by Gasteiger charge is -2.31. The van der Waals surface area contributed by atoms with Crippen molar-refractivity contribution in [2.45, 2.75) is 71.8 Å². The van der Waals surface area contributed by atoms with Gasteiger partial charge in [-0.05, 0) is 73.2 Å². The Bertz CT molecular complexity index is 1430. The van der Waals surface area contributed by atoms with Crippen LogP contribution in [0.15, 0.2) is 66.7 Å². The maximum absolute atomic E-state index is 14.0. The molecule has 3 aromatic rings. The number of rotatable bonds is 15. The van der Waals surface area contributed by atoms with Gasteiger partial charge in [0.15, 0.2) is 0 Å². The molecule has 242 valence electrons. The smallest absolute Gasteiger partial charge is 0.253 e. The van der Waals surface area contributed by atoms with Crippen molar-refractivity contribution in [2.24, 2.45) is 5.92 Å². The van der Waals surface area contributed by atoms with E-state index in [1.807, 2.05) is 44.2 Å². The van der Waals surface area contributed by atoms with Crippen LogP contribution in [0.1, 0.15) is 71.0 Å². The molecule has 0 bridgehead atoms. The molecule has 4 N–H and O–H groups in total. The Morgan fingerprint density at radius 3 is 2.02 bits per heavy atom. The summed E-state index contributed by atoms with van der Waals surface area (Å²) in [6.07, 6.45) is -2.05. The van der Waals surface area contributed by atoms with Gasteiger partial charge in [0.2, 0.25) is 5.91 Å². The van der Waals surface area contributed by atoms with Crippen LogP contribution in [-0.2, 0) is 17.8 Å². The number of carbonyl (C=O) groups is 3. The van der Waals surface area contributed by atoms with E-state index in [1.54, 1.807) is 24.0 Å². The minimum Gasteiger partial charge on any atom is -0.390 e. The van der Waals surface area contributed by atoms with Crippen molar-refractivity contribution in [1.29, 1.82) is 0 Å². The van der Waals surface area contributed by atoms with Crippen molar-refractivity contribution in [1.82, 2.24) is 15.5 Å². The van der Waals surface area contributed by atoms with Crippen LogP contribution in [0.3, 0.4) is 0 Å². The molecule has 10 heteroatoms. The number of aliphatic hydroxyl groups is 2. The SMILES string of the molecule is CCCN(CCC)C(=O)c1cc(C)cc(C(=O)N[C@@H](Cc2cc(F)cc(F)c2)[C@@H](O)[C@H](O)[C@@H](C)C(=O)NCc2ccccc2)c1. The standard InChI is InChI=1S/C35H43F2N3O5/c1-5-12-40(13-6-2)35(45)27-15-22(3)14-26(19-27)34(44)39-30(18-25-16-28(36)20-29(37)17-25)32(42)31(41)23(4)33(43)38-21-24-10-8-7-9-11-24/h7-11,14-17,19-20,23,30-32,41-42H,5-6,12-13,18,21H2,1-4H3,(H,38,43)(H,39,44)/t23-,30+,31-,32-/m1/s1. The van der Waals surface area contributed by atoms with Crippen molar-refractivity contribution in [3.63, 3.8) is 0 Å². The van der Waals surface area contributed by atoms with Gasteiger partial charge in [-0.25, -0.2) is 8.78 Å². The lowest BCUT2D eigenvalue weighted by molar-refractivity contribution is -0.131. The average Bonchev–Trinajstić information content (AvgIpc) is 3.01. The normalized spacial score (nSPS) is 13.8.